The molecule has 0 N–H and O–H groups in total. The van der Waals surface area contributed by atoms with E-state index < -0.39 is 0 Å². The van der Waals surface area contributed by atoms with Gasteiger partial charge in [-0.1, -0.05) is 146 Å². The van der Waals surface area contributed by atoms with Gasteiger partial charge in [-0.05, 0) is 93.2 Å². The van der Waals surface area contributed by atoms with Gasteiger partial charge in [0.1, 0.15) is 17.3 Å². The second kappa shape index (κ2) is 14.9. The maximum atomic E-state index is 6.79. The lowest BCUT2D eigenvalue weighted by Gasteiger charge is -2.34. The van der Waals surface area contributed by atoms with Crippen LogP contribution < -0.4 is 14.5 Å². The molecule has 8 aromatic rings. The molecule has 0 atom stereocenters. The normalized spacial score (nSPS) is 13.6. The Morgan fingerprint density at radius 2 is 1.18 bits per heavy atom. The summed E-state index contributed by atoms with van der Waals surface area (Å²) in [6.45, 7) is 18.9. The molecule has 0 amide bonds. The van der Waals surface area contributed by atoms with Gasteiger partial charge in [0.15, 0.2) is 0 Å². The van der Waals surface area contributed by atoms with E-state index in [0.29, 0.717) is 6.67 Å². The third-order valence-electron chi connectivity index (χ3n) is 12.1. The van der Waals surface area contributed by atoms with Crippen LogP contribution in [-0.4, -0.2) is 16.2 Å². The molecular formula is C55H54N4O. The van der Waals surface area contributed by atoms with Crippen LogP contribution in [0.1, 0.15) is 72.1 Å². The van der Waals surface area contributed by atoms with Crippen molar-refractivity contribution in [3.63, 3.8) is 0 Å². The third kappa shape index (κ3) is 7.34. The number of para-hydroxylation sites is 1. The number of aromatic nitrogens is 2. The van der Waals surface area contributed by atoms with Crippen LogP contribution in [0.25, 0.3) is 38.8 Å². The monoisotopic (exact) mass is 786 g/mol. The highest BCUT2D eigenvalue weighted by Crippen LogP contribution is 2.43. The van der Waals surface area contributed by atoms with Gasteiger partial charge in [-0.25, -0.2) is 4.98 Å². The molecule has 2 aromatic heterocycles. The Labute approximate surface area is 355 Å². The van der Waals surface area contributed by atoms with Gasteiger partial charge in [-0.15, -0.1) is 0 Å². The van der Waals surface area contributed by atoms with Gasteiger partial charge < -0.3 is 14.5 Å². The zero-order chi connectivity index (χ0) is 41.8. The van der Waals surface area contributed by atoms with Crippen molar-refractivity contribution in [2.24, 2.45) is 0 Å². The fourth-order valence-corrected chi connectivity index (χ4v) is 8.49. The highest BCUT2D eigenvalue weighted by atomic mass is 16.5. The summed E-state index contributed by atoms with van der Waals surface area (Å²) in [7, 11) is 0. The molecule has 1 aliphatic heterocycles. The molecular weight excluding hydrogens is 733 g/mol. The average molecular weight is 787 g/mol. The Bertz CT molecular complexity index is 2870. The predicted molar refractivity (Wildman–Crippen MR) is 252 cm³/mol. The van der Waals surface area contributed by atoms with Crippen molar-refractivity contribution in [1.29, 1.82) is 0 Å². The molecule has 0 saturated carbocycles. The Morgan fingerprint density at radius 1 is 0.500 bits per heavy atom. The summed E-state index contributed by atoms with van der Waals surface area (Å²) in [5.74, 6) is 2.45. The summed E-state index contributed by atoms with van der Waals surface area (Å²) >= 11 is 0. The summed E-state index contributed by atoms with van der Waals surface area (Å²) in [5, 5.41) is 2.35. The molecule has 0 radical (unpaired) electrons. The van der Waals surface area contributed by atoms with Crippen molar-refractivity contribution < 1.29 is 4.74 Å². The highest BCUT2D eigenvalue weighted by molar-refractivity contribution is 6.09. The zero-order valence-corrected chi connectivity index (χ0v) is 36.1. The van der Waals surface area contributed by atoms with Gasteiger partial charge in [0.05, 0.1) is 17.7 Å². The number of ether oxygens (including phenoxy) is 1. The van der Waals surface area contributed by atoms with Gasteiger partial charge in [-0.3, -0.25) is 4.57 Å². The minimum absolute atomic E-state index is 0.00492. The molecule has 3 heterocycles. The van der Waals surface area contributed by atoms with Crippen LogP contribution in [0, 0.1) is 0 Å². The number of anilines is 2. The maximum absolute atomic E-state index is 6.79. The van der Waals surface area contributed by atoms with Gasteiger partial charge in [0.2, 0.25) is 0 Å². The highest BCUT2D eigenvalue weighted by Gasteiger charge is 2.36. The lowest BCUT2D eigenvalue weighted by atomic mass is 9.81. The molecule has 300 valence electrons. The van der Waals surface area contributed by atoms with E-state index in [-0.39, 0.29) is 16.2 Å². The molecule has 60 heavy (non-hydrogen) atoms. The number of hydrogen-bond acceptors (Lipinski definition) is 4. The third-order valence-corrected chi connectivity index (χ3v) is 12.1. The molecule has 0 spiro atoms. The van der Waals surface area contributed by atoms with Crippen molar-refractivity contribution in [1.82, 2.24) is 9.55 Å². The van der Waals surface area contributed by atoms with Crippen LogP contribution in [0.2, 0.25) is 0 Å². The van der Waals surface area contributed by atoms with Crippen LogP contribution in [0.15, 0.2) is 176 Å². The quantitative estimate of drug-likeness (QED) is 0.154. The molecule has 1 aliphatic rings. The fourth-order valence-electron chi connectivity index (χ4n) is 8.49. The first-order valence-electron chi connectivity index (χ1n) is 21.1. The molecule has 0 fully saturated rings. The first-order valence-corrected chi connectivity index (χ1v) is 21.1. The van der Waals surface area contributed by atoms with Crippen molar-refractivity contribution in [3.8, 4) is 28.4 Å². The van der Waals surface area contributed by atoms with Crippen molar-refractivity contribution >= 4 is 33.2 Å². The number of benzene rings is 6. The van der Waals surface area contributed by atoms with E-state index >= 15 is 0 Å². The Balaban J connectivity index is 1.10. The number of nitrogens with zero attached hydrogens (tertiary/aromatic N) is 4. The van der Waals surface area contributed by atoms with Crippen molar-refractivity contribution in [3.05, 3.63) is 193 Å². The number of pyridine rings is 1. The van der Waals surface area contributed by atoms with E-state index in [0.717, 1.165) is 39.4 Å². The van der Waals surface area contributed by atoms with Crippen LogP contribution in [0.3, 0.4) is 0 Å². The molecule has 5 heteroatoms. The number of rotatable bonds is 8. The topological polar surface area (TPSA) is 33.5 Å². The number of hydrogen-bond donors (Lipinski definition) is 0. The molecule has 0 aliphatic carbocycles. The fraction of sp³-hybridized carbons (Fsp3) is 0.218. The van der Waals surface area contributed by atoms with E-state index in [1.54, 1.807) is 0 Å². The smallest absolute Gasteiger partial charge is 0.137 e. The Hall–Kier alpha value is -6.59. The molecule has 0 unspecified atom stereocenters. The largest absolute Gasteiger partial charge is 0.457 e. The van der Waals surface area contributed by atoms with Crippen LogP contribution in [0.4, 0.5) is 11.4 Å². The second-order valence-electron chi connectivity index (χ2n) is 18.7. The summed E-state index contributed by atoms with van der Waals surface area (Å²) in [6, 6.07) is 56.4. The van der Waals surface area contributed by atoms with E-state index in [9.17, 15) is 0 Å². The first kappa shape index (κ1) is 38.9. The van der Waals surface area contributed by atoms with Gasteiger partial charge >= 0.3 is 0 Å². The van der Waals surface area contributed by atoms with E-state index in [2.05, 4.69) is 234 Å². The van der Waals surface area contributed by atoms with Gasteiger partial charge in [-0.2, -0.15) is 0 Å². The molecule has 5 nitrogen and oxygen atoms in total. The van der Waals surface area contributed by atoms with Crippen molar-refractivity contribution in [2.75, 3.05) is 16.5 Å². The lowest BCUT2D eigenvalue weighted by Crippen LogP contribution is -2.33. The maximum Gasteiger partial charge on any atom is 0.137 e. The minimum Gasteiger partial charge on any atom is -0.457 e. The van der Waals surface area contributed by atoms with Gasteiger partial charge in [0, 0.05) is 57.8 Å². The standard InChI is InChI=1S/C55H54N4O/c1-53(2,3)41-28-29-56-52(33-41)59-49-25-16-15-24-47(49)48-27-26-46(35-50(48)59)60-45-23-17-22-43(34-45)58-37-57(36-51(58)55(7,8)40-20-13-10-14-21-40)44-31-39(38-18-11-9-12-19-38)30-42(32-44)54(4,5)6/h9-36H,37H2,1-8H3. The zero-order valence-electron chi connectivity index (χ0n) is 36.1. The van der Waals surface area contributed by atoms with Crippen LogP contribution in [-0.2, 0) is 16.2 Å². The number of allylic oxidation sites excluding steroid dienone is 1. The molecule has 9 rings (SSSR count). The summed E-state index contributed by atoms with van der Waals surface area (Å²) in [6.07, 6.45) is 4.28. The Morgan fingerprint density at radius 3 is 1.93 bits per heavy atom. The van der Waals surface area contributed by atoms with Crippen LogP contribution >= 0.6 is 0 Å². The summed E-state index contributed by atoms with van der Waals surface area (Å²) < 4.78 is 9.06. The van der Waals surface area contributed by atoms with E-state index in [1.165, 1.54) is 44.6 Å². The molecule has 6 aromatic carbocycles. The molecule has 0 saturated heterocycles. The van der Waals surface area contributed by atoms with Crippen molar-refractivity contribution in [2.45, 2.75) is 71.6 Å². The summed E-state index contributed by atoms with van der Waals surface area (Å²) in [4.78, 5) is 9.74. The van der Waals surface area contributed by atoms with Gasteiger partial charge in [0.25, 0.3) is 0 Å². The first-order chi connectivity index (χ1) is 28.7. The Kier molecular flexibility index (Phi) is 9.66. The SMILES string of the molecule is CC(C)(C)c1cc(-c2ccccc2)cc(N2C=C(C(C)(C)c3ccccc3)N(c3cccc(Oc4ccc5c6ccccc6n(-c6cc(C(C)(C)C)ccn6)c5c4)c3)C2)c1. The van der Waals surface area contributed by atoms with E-state index in [4.69, 9.17) is 9.72 Å². The summed E-state index contributed by atoms with van der Waals surface area (Å²) in [5.41, 5.74) is 11.5. The predicted octanol–water partition coefficient (Wildman–Crippen LogP) is 14.3. The average Bonchev–Trinajstić information content (AvgIpc) is 3.85. The second-order valence-corrected chi connectivity index (χ2v) is 18.7. The minimum atomic E-state index is -0.298. The lowest BCUT2D eigenvalue weighted by molar-refractivity contribution is 0.483. The number of fused-ring (bicyclic) bond motifs is 3. The van der Waals surface area contributed by atoms with E-state index in [1.807, 2.05) is 6.20 Å². The van der Waals surface area contributed by atoms with Crippen LogP contribution in [0.5, 0.6) is 11.5 Å². The molecule has 0 bridgehead atoms.